The maximum absolute atomic E-state index is 13.0. The molecular formula is C12H16FNO. The van der Waals surface area contributed by atoms with E-state index in [1.165, 1.54) is 12.1 Å². The molecule has 0 spiro atoms. The van der Waals surface area contributed by atoms with Crippen molar-refractivity contribution in [3.63, 3.8) is 0 Å². The van der Waals surface area contributed by atoms with Gasteiger partial charge in [-0.1, -0.05) is 19.9 Å². The first-order valence-corrected chi connectivity index (χ1v) is 5.29. The largest absolute Gasteiger partial charge is 0.490 e. The lowest BCUT2D eigenvalue weighted by atomic mass is 9.92. The van der Waals surface area contributed by atoms with Crippen LogP contribution in [0.1, 0.15) is 31.9 Å². The Morgan fingerprint density at radius 1 is 1.47 bits per heavy atom. The fourth-order valence-corrected chi connectivity index (χ4v) is 1.91. The van der Waals surface area contributed by atoms with Crippen molar-refractivity contribution in [3.8, 4) is 5.75 Å². The zero-order chi connectivity index (χ0) is 11.0. The van der Waals surface area contributed by atoms with E-state index in [2.05, 4.69) is 13.8 Å². The maximum Gasteiger partial charge on any atom is 0.127 e. The molecular weight excluding hydrogens is 193 g/mol. The highest BCUT2D eigenvalue weighted by Crippen LogP contribution is 2.35. The quantitative estimate of drug-likeness (QED) is 0.771. The molecule has 0 aliphatic carbocycles. The Bertz CT molecular complexity index is 365. The molecule has 0 amide bonds. The molecule has 3 heteroatoms. The topological polar surface area (TPSA) is 35.2 Å². The Hall–Kier alpha value is -1.09. The van der Waals surface area contributed by atoms with Gasteiger partial charge in [0.2, 0.25) is 0 Å². The Balaban J connectivity index is 2.33. The van der Waals surface area contributed by atoms with E-state index in [1.807, 2.05) is 0 Å². The summed E-state index contributed by atoms with van der Waals surface area (Å²) < 4.78 is 18.8. The molecule has 1 aliphatic rings. The zero-order valence-corrected chi connectivity index (χ0v) is 9.03. The second-order valence-electron chi connectivity index (χ2n) is 4.42. The summed E-state index contributed by atoms with van der Waals surface area (Å²) in [6.45, 7) is 4.17. The lowest BCUT2D eigenvalue weighted by Gasteiger charge is -2.32. The first-order valence-electron chi connectivity index (χ1n) is 5.29. The van der Waals surface area contributed by atoms with Crippen LogP contribution in [0.3, 0.4) is 0 Å². The predicted octanol–water partition coefficient (Wildman–Crippen LogP) is 2.63. The smallest absolute Gasteiger partial charge is 0.127 e. The van der Waals surface area contributed by atoms with Crippen LogP contribution in [0.2, 0.25) is 0 Å². The van der Waals surface area contributed by atoms with E-state index in [1.54, 1.807) is 6.07 Å². The van der Waals surface area contributed by atoms with Crippen molar-refractivity contribution in [1.82, 2.24) is 0 Å². The molecule has 0 saturated carbocycles. The van der Waals surface area contributed by atoms with Gasteiger partial charge < -0.3 is 10.5 Å². The van der Waals surface area contributed by atoms with Crippen LogP contribution in [0.5, 0.6) is 5.75 Å². The molecule has 2 rings (SSSR count). The summed E-state index contributed by atoms with van der Waals surface area (Å²) in [5.74, 6) is 0.727. The molecule has 2 atom stereocenters. The van der Waals surface area contributed by atoms with E-state index in [-0.39, 0.29) is 18.0 Å². The highest BCUT2D eigenvalue weighted by molar-refractivity contribution is 5.38. The van der Waals surface area contributed by atoms with Gasteiger partial charge in [-0.3, -0.25) is 0 Å². The third kappa shape index (κ3) is 1.97. The van der Waals surface area contributed by atoms with Crippen molar-refractivity contribution < 1.29 is 9.13 Å². The molecule has 1 unspecified atom stereocenters. The van der Waals surface area contributed by atoms with Gasteiger partial charge in [0.15, 0.2) is 0 Å². The second-order valence-corrected chi connectivity index (χ2v) is 4.42. The number of rotatable bonds is 1. The van der Waals surface area contributed by atoms with Gasteiger partial charge in [0.05, 0.1) is 0 Å². The average molecular weight is 209 g/mol. The summed E-state index contributed by atoms with van der Waals surface area (Å²) in [7, 11) is 0. The second kappa shape index (κ2) is 3.81. The van der Waals surface area contributed by atoms with Crippen LogP contribution in [-0.4, -0.2) is 6.10 Å². The number of halogens is 1. The van der Waals surface area contributed by atoms with Gasteiger partial charge in [0.1, 0.15) is 17.7 Å². The lowest BCUT2D eigenvalue weighted by molar-refractivity contribution is 0.114. The minimum Gasteiger partial charge on any atom is -0.490 e. The van der Waals surface area contributed by atoms with E-state index in [9.17, 15) is 4.39 Å². The molecule has 1 aliphatic heterocycles. The van der Waals surface area contributed by atoms with Crippen molar-refractivity contribution in [3.05, 3.63) is 29.6 Å². The van der Waals surface area contributed by atoms with Crippen molar-refractivity contribution in [2.24, 2.45) is 11.7 Å². The number of benzene rings is 1. The monoisotopic (exact) mass is 209 g/mol. The highest BCUT2D eigenvalue weighted by atomic mass is 19.1. The summed E-state index contributed by atoms with van der Waals surface area (Å²) in [5.41, 5.74) is 6.93. The number of hydrogen-bond donors (Lipinski definition) is 1. The van der Waals surface area contributed by atoms with E-state index in [4.69, 9.17) is 10.5 Å². The molecule has 2 N–H and O–H groups in total. The third-order valence-corrected chi connectivity index (χ3v) is 2.88. The highest BCUT2D eigenvalue weighted by Gasteiger charge is 2.27. The van der Waals surface area contributed by atoms with Gasteiger partial charge >= 0.3 is 0 Å². The van der Waals surface area contributed by atoms with E-state index >= 15 is 0 Å². The van der Waals surface area contributed by atoms with E-state index < -0.39 is 0 Å². The number of fused-ring (bicyclic) bond motifs is 1. The number of nitrogens with two attached hydrogens (primary N) is 1. The summed E-state index contributed by atoms with van der Waals surface area (Å²) in [5, 5.41) is 0. The molecule has 1 aromatic rings. The summed E-state index contributed by atoms with van der Waals surface area (Å²) in [4.78, 5) is 0. The Morgan fingerprint density at radius 3 is 2.87 bits per heavy atom. The Morgan fingerprint density at radius 2 is 2.20 bits per heavy atom. The molecule has 0 radical (unpaired) electrons. The standard InChI is InChI=1S/C12H16FNO/c1-7(2)11-6-10(14)9-4-3-8(13)5-12(9)15-11/h3-5,7,10-11H,6,14H2,1-2H3/t10-,11?/m1/s1. The van der Waals surface area contributed by atoms with Crippen LogP contribution in [0.25, 0.3) is 0 Å². The fraction of sp³-hybridized carbons (Fsp3) is 0.500. The number of ether oxygens (including phenoxy) is 1. The number of hydrogen-bond acceptors (Lipinski definition) is 2. The van der Waals surface area contributed by atoms with Crippen LogP contribution in [0, 0.1) is 11.7 Å². The lowest BCUT2D eigenvalue weighted by Crippen LogP contribution is -2.33. The maximum atomic E-state index is 13.0. The molecule has 0 bridgehead atoms. The van der Waals surface area contributed by atoms with Gasteiger partial charge in [-0.15, -0.1) is 0 Å². The van der Waals surface area contributed by atoms with E-state index in [0.29, 0.717) is 11.7 Å². The predicted molar refractivity (Wildman–Crippen MR) is 57.2 cm³/mol. The molecule has 1 heterocycles. The summed E-state index contributed by atoms with van der Waals surface area (Å²) in [6, 6.07) is 4.52. The van der Waals surface area contributed by atoms with Crippen LogP contribution in [-0.2, 0) is 0 Å². The normalized spacial score (nSPS) is 24.9. The van der Waals surface area contributed by atoms with Gasteiger partial charge in [-0.05, 0) is 12.0 Å². The molecule has 15 heavy (non-hydrogen) atoms. The van der Waals surface area contributed by atoms with Crippen molar-refractivity contribution in [2.75, 3.05) is 0 Å². The Labute approximate surface area is 89.2 Å². The SMILES string of the molecule is CC(C)C1C[C@@H](N)c2ccc(F)cc2O1. The molecule has 82 valence electrons. The average Bonchev–Trinajstić information content (AvgIpc) is 2.16. The van der Waals surface area contributed by atoms with Gasteiger partial charge in [-0.25, -0.2) is 4.39 Å². The van der Waals surface area contributed by atoms with Gasteiger partial charge in [0, 0.05) is 24.1 Å². The zero-order valence-electron chi connectivity index (χ0n) is 9.03. The van der Waals surface area contributed by atoms with Gasteiger partial charge in [0.25, 0.3) is 0 Å². The molecule has 1 aromatic carbocycles. The van der Waals surface area contributed by atoms with E-state index in [0.717, 1.165) is 12.0 Å². The van der Waals surface area contributed by atoms with Crippen LogP contribution in [0.15, 0.2) is 18.2 Å². The van der Waals surface area contributed by atoms with Crippen LogP contribution >= 0.6 is 0 Å². The molecule has 0 saturated heterocycles. The molecule has 2 nitrogen and oxygen atoms in total. The minimum atomic E-state index is -0.273. The minimum absolute atomic E-state index is 0.0400. The molecule has 0 aromatic heterocycles. The summed E-state index contributed by atoms with van der Waals surface area (Å²) in [6.07, 6.45) is 0.894. The fourth-order valence-electron chi connectivity index (χ4n) is 1.91. The summed E-state index contributed by atoms with van der Waals surface area (Å²) >= 11 is 0. The first-order chi connectivity index (χ1) is 7.08. The van der Waals surface area contributed by atoms with Crippen molar-refractivity contribution >= 4 is 0 Å². The van der Waals surface area contributed by atoms with Crippen LogP contribution in [0.4, 0.5) is 4.39 Å². The molecule has 0 fully saturated rings. The van der Waals surface area contributed by atoms with Crippen molar-refractivity contribution in [2.45, 2.75) is 32.4 Å². The first kappa shape index (κ1) is 10.4. The van der Waals surface area contributed by atoms with Gasteiger partial charge in [-0.2, -0.15) is 0 Å². The van der Waals surface area contributed by atoms with Crippen LogP contribution < -0.4 is 10.5 Å². The Kier molecular flexibility index (Phi) is 2.65. The van der Waals surface area contributed by atoms with Crippen molar-refractivity contribution in [1.29, 1.82) is 0 Å². The third-order valence-electron chi connectivity index (χ3n) is 2.88.